The maximum atomic E-state index is 12.7. The Morgan fingerprint density at radius 2 is 0.675 bits per heavy atom. The number of allylic oxidation sites excluding steroid dienone is 22. The quantitative estimate of drug-likeness (QED) is 0.0264. The van der Waals surface area contributed by atoms with E-state index < -0.39 is 26.5 Å². The van der Waals surface area contributed by atoms with Crippen molar-refractivity contribution in [1.82, 2.24) is 0 Å². The summed E-state index contributed by atoms with van der Waals surface area (Å²) in [5.74, 6) is -0.844. The number of unbranched alkanes of at least 4 members (excludes halogenated alkanes) is 21. The molecule has 0 aromatic rings. The second-order valence-electron chi connectivity index (χ2n) is 19.8. The maximum absolute atomic E-state index is 12.7. The molecule has 10 heteroatoms. The first kappa shape index (κ1) is 73.2. The molecule has 0 saturated heterocycles. The Bertz CT molecular complexity index is 1720. The van der Waals surface area contributed by atoms with Crippen molar-refractivity contribution in [3.63, 3.8) is 0 Å². The molecular weight excluding hydrogens is 978 g/mol. The highest BCUT2D eigenvalue weighted by Gasteiger charge is 2.26. The van der Waals surface area contributed by atoms with Gasteiger partial charge in [0.05, 0.1) is 13.2 Å². The third kappa shape index (κ3) is 61.2. The van der Waals surface area contributed by atoms with Gasteiger partial charge >= 0.3 is 19.8 Å². The molecule has 2 atom stereocenters. The fraction of sp³-hybridized carbons (Fsp3) is 0.642. The van der Waals surface area contributed by atoms with E-state index in [1.54, 1.807) is 0 Å². The second kappa shape index (κ2) is 61.4. The third-order valence-electron chi connectivity index (χ3n) is 12.5. The minimum Gasteiger partial charge on any atom is -0.462 e. The molecule has 0 heterocycles. The first-order valence-corrected chi connectivity index (χ1v) is 32.2. The largest absolute Gasteiger partial charge is 0.472 e. The minimum absolute atomic E-state index is 0.0453. The molecule has 0 amide bonds. The van der Waals surface area contributed by atoms with E-state index in [9.17, 15) is 19.0 Å². The highest BCUT2D eigenvalue weighted by atomic mass is 31.2. The lowest BCUT2D eigenvalue weighted by atomic mass is 10.0. The number of ether oxygens (including phenoxy) is 2. The van der Waals surface area contributed by atoms with Gasteiger partial charge in [0.25, 0.3) is 0 Å². The molecule has 438 valence electrons. The second-order valence-corrected chi connectivity index (χ2v) is 21.3. The Morgan fingerprint density at radius 3 is 1.00 bits per heavy atom. The lowest BCUT2D eigenvalue weighted by molar-refractivity contribution is -0.161. The van der Waals surface area contributed by atoms with Crippen molar-refractivity contribution >= 4 is 19.8 Å². The molecule has 0 saturated carbocycles. The van der Waals surface area contributed by atoms with Gasteiger partial charge < -0.3 is 20.1 Å². The molecule has 0 radical (unpaired) electrons. The first-order valence-electron chi connectivity index (χ1n) is 30.7. The molecular formula is C67H112NO8P. The number of nitrogens with two attached hydrogens (primary N) is 1. The number of hydrogen-bond donors (Lipinski definition) is 2. The lowest BCUT2D eigenvalue weighted by Crippen LogP contribution is -2.29. The molecule has 0 spiro atoms. The van der Waals surface area contributed by atoms with Crippen LogP contribution in [-0.2, 0) is 32.7 Å². The van der Waals surface area contributed by atoms with Crippen molar-refractivity contribution in [2.45, 2.75) is 251 Å². The third-order valence-corrected chi connectivity index (χ3v) is 13.5. The zero-order chi connectivity index (χ0) is 55.9. The van der Waals surface area contributed by atoms with Gasteiger partial charge in [-0.2, -0.15) is 0 Å². The van der Waals surface area contributed by atoms with E-state index in [-0.39, 0.29) is 38.6 Å². The van der Waals surface area contributed by atoms with Gasteiger partial charge in [-0.15, -0.1) is 0 Å². The molecule has 0 bridgehead atoms. The van der Waals surface area contributed by atoms with Gasteiger partial charge in [0.1, 0.15) is 6.61 Å². The van der Waals surface area contributed by atoms with Gasteiger partial charge in [0, 0.05) is 19.4 Å². The number of phosphoric acid groups is 1. The molecule has 0 rings (SSSR count). The average Bonchev–Trinajstić information content (AvgIpc) is 3.42. The summed E-state index contributed by atoms with van der Waals surface area (Å²) >= 11 is 0. The van der Waals surface area contributed by atoms with E-state index in [2.05, 4.69) is 148 Å². The SMILES string of the molecule is CC/C=C\C/C=C\C/C=C\C/C=C\C/C=C\C/C=C\CCCCCCCCCCC(=O)OC(COC(=O)CCCCCCCCCCCCCCC/C=C\C/C=C\C/C=C\C/C=C\C/C=C\CC)COP(=O)(O)OCCN. The average molecular weight is 1090 g/mol. The van der Waals surface area contributed by atoms with E-state index in [0.29, 0.717) is 6.42 Å². The summed E-state index contributed by atoms with van der Waals surface area (Å²) in [6.07, 6.45) is 86.5. The van der Waals surface area contributed by atoms with Crippen LogP contribution in [0.15, 0.2) is 134 Å². The van der Waals surface area contributed by atoms with E-state index >= 15 is 0 Å². The molecule has 0 aliphatic heterocycles. The highest BCUT2D eigenvalue weighted by Crippen LogP contribution is 2.43. The number of carbonyl (C=O) groups is 2. The summed E-state index contributed by atoms with van der Waals surface area (Å²) < 4.78 is 33.1. The molecule has 3 N–H and O–H groups in total. The van der Waals surface area contributed by atoms with Crippen LogP contribution in [0.25, 0.3) is 0 Å². The van der Waals surface area contributed by atoms with Crippen molar-refractivity contribution in [2.24, 2.45) is 5.73 Å². The van der Waals surface area contributed by atoms with Gasteiger partial charge in [-0.05, 0) is 109 Å². The van der Waals surface area contributed by atoms with Crippen molar-refractivity contribution in [3.05, 3.63) is 134 Å². The van der Waals surface area contributed by atoms with Gasteiger partial charge in [-0.25, -0.2) is 4.57 Å². The van der Waals surface area contributed by atoms with Crippen molar-refractivity contribution in [3.8, 4) is 0 Å². The Morgan fingerprint density at radius 1 is 0.390 bits per heavy atom. The van der Waals surface area contributed by atoms with Gasteiger partial charge in [-0.1, -0.05) is 257 Å². The zero-order valence-electron chi connectivity index (χ0n) is 48.9. The summed E-state index contributed by atoms with van der Waals surface area (Å²) in [5.41, 5.74) is 5.39. The number of carbonyl (C=O) groups excluding carboxylic acids is 2. The molecule has 0 aromatic heterocycles. The van der Waals surface area contributed by atoms with Crippen LogP contribution in [0.5, 0.6) is 0 Å². The number of phosphoric ester groups is 1. The van der Waals surface area contributed by atoms with Crippen LogP contribution in [0.1, 0.15) is 245 Å². The predicted octanol–water partition coefficient (Wildman–Crippen LogP) is 19.7. The Kier molecular flexibility index (Phi) is 58.3. The van der Waals surface area contributed by atoms with Crippen molar-refractivity contribution < 1.29 is 37.6 Å². The molecule has 0 aliphatic rings. The maximum Gasteiger partial charge on any atom is 0.472 e. The standard InChI is InChI=1S/C67H112NO8P/c1-3-5-7-9-11-13-15-17-19-21-23-25-27-29-31-32-34-35-37-39-41-43-45-47-49-51-53-55-57-59-66(69)73-63-65(64-75-77(71,72)74-62-61-68)76-67(70)60-58-56-54-52-50-48-46-44-42-40-38-36-33-30-28-26-24-22-20-18-16-14-12-10-8-6-4-2/h5-8,11-14,17-20,23-26,29-31,33,38,40,65H,3-4,9-10,15-16,21-22,27-28,32,34-37,39,41-64,68H2,1-2H3,(H,71,72)/b7-5-,8-6-,13-11-,14-12-,19-17-,20-18-,25-23-,26-24-,31-29-,33-30-,40-38-. The van der Waals surface area contributed by atoms with Crippen LogP contribution < -0.4 is 5.73 Å². The Balaban J connectivity index is 4.00. The van der Waals surface area contributed by atoms with Gasteiger partial charge in [-0.3, -0.25) is 18.6 Å². The van der Waals surface area contributed by atoms with Gasteiger partial charge in [0.2, 0.25) is 0 Å². The molecule has 9 nitrogen and oxygen atoms in total. The van der Waals surface area contributed by atoms with Crippen LogP contribution in [0.3, 0.4) is 0 Å². The molecule has 77 heavy (non-hydrogen) atoms. The summed E-state index contributed by atoms with van der Waals surface area (Å²) in [6.45, 7) is 3.50. The van der Waals surface area contributed by atoms with Crippen LogP contribution in [0.4, 0.5) is 0 Å². The molecule has 0 fully saturated rings. The number of hydrogen-bond acceptors (Lipinski definition) is 8. The normalized spacial score (nSPS) is 14.0. The van der Waals surface area contributed by atoms with Crippen LogP contribution in [-0.4, -0.2) is 49.3 Å². The summed E-state index contributed by atoms with van der Waals surface area (Å²) in [4.78, 5) is 35.3. The molecule has 0 aliphatic carbocycles. The van der Waals surface area contributed by atoms with E-state index in [1.807, 2.05) is 0 Å². The van der Waals surface area contributed by atoms with Crippen molar-refractivity contribution in [2.75, 3.05) is 26.4 Å². The zero-order valence-corrected chi connectivity index (χ0v) is 49.8. The van der Waals surface area contributed by atoms with Gasteiger partial charge in [0.15, 0.2) is 6.10 Å². The van der Waals surface area contributed by atoms with E-state index in [0.717, 1.165) is 116 Å². The molecule has 0 aromatic carbocycles. The summed E-state index contributed by atoms with van der Waals surface area (Å²) in [5, 5.41) is 0. The topological polar surface area (TPSA) is 134 Å². The Labute approximate surface area is 472 Å². The summed E-state index contributed by atoms with van der Waals surface area (Å²) in [7, 11) is -4.40. The number of esters is 2. The lowest BCUT2D eigenvalue weighted by Gasteiger charge is -2.19. The fourth-order valence-corrected chi connectivity index (χ4v) is 8.84. The first-order chi connectivity index (χ1) is 37.8. The van der Waals surface area contributed by atoms with Crippen molar-refractivity contribution in [1.29, 1.82) is 0 Å². The predicted molar refractivity (Wildman–Crippen MR) is 330 cm³/mol. The van der Waals surface area contributed by atoms with Crippen LogP contribution in [0, 0.1) is 0 Å². The van der Waals surface area contributed by atoms with E-state index in [4.69, 9.17) is 24.3 Å². The van der Waals surface area contributed by atoms with Crippen LogP contribution in [0.2, 0.25) is 0 Å². The highest BCUT2D eigenvalue weighted by molar-refractivity contribution is 7.47. The Hall–Kier alpha value is -3.85. The molecule has 2 unspecified atom stereocenters. The minimum atomic E-state index is -4.40. The van der Waals surface area contributed by atoms with Crippen LogP contribution >= 0.6 is 7.82 Å². The van der Waals surface area contributed by atoms with E-state index in [1.165, 1.54) is 96.3 Å². The smallest absolute Gasteiger partial charge is 0.462 e. The monoisotopic (exact) mass is 1090 g/mol. The number of rotatable bonds is 56. The summed E-state index contributed by atoms with van der Waals surface area (Å²) in [6, 6.07) is 0. The fourth-order valence-electron chi connectivity index (χ4n) is 8.08.